The summed E-state index contributed by atoms with van der Waals surface area (Å²) >= 11 is 9.22. The van der Waals surface area contributed by atoms with Gasteiger partial charge in [0.2, 0.25) is 5.91 Å². The molecule has 0 fully saturated rings. The maximum Gasteiger partial charge on any atom is 0.235 e. The average molecular weight is 411 g/mol. The molecule has 0 radical (unpaired) electrons. The molecule has 1 heterocycles. The number of ether oxygens (including phenoxy) is 2. The van der Waals surface area contributed by atoms with Crippen molar-refractivity contribution in [2.24, 2.45) is 0 Å². The van der Waals surface area contributed by atoms with Gasteiger partial charge in [-0.25, -0.2) is 0 Å². The normalized spacial score (nSPS) is 12.6. The maximum absolute atomic E-state index is 12.9. The molecule has 24 heavy (non-hydrogen) atoms. The number of carbonyl (C=O) groups is 2. The van der Waals surface area contributed by atoms with Crippen LogP contribution >= 0.6 is 27.5 Å². The van der Waals surface area contributed by atoms with E-state index in [4.69, 9.17) is 21.1 Å². The molecule has 0 bridgehead atoms. The molecular weight excluding hydrogens is 398 g/mol. The second kappa shape index (κ2) is 7.23. The fourth-order valence-electron chi connectivity index (χ4n) is 2.35. The van der Waals surface area contributed by atoms with Crippen LogP contribution in [-0.4, -0.2) is 30.2 Å². The summed E-state index contributed by atoms with van der Waals surface area (Å²) in [7, 11) is 0. The number of anilines is 1. The topological polar surface area (TPSA) is 64.6 Å². The molecular formula is C17H13BrClNO4. The molecule has 0 aromatic heterocycles. The van der Waals surface area contributed by atoms with Gasteiger partial charge in [-0.3, -0.25) is 9.59 Å². The van der Waals surface area contributed by atoms with Crippen LogP contribution in [0.3, 0.4) is 0 Å². The Labute approximate surface area is 152 Å². The van der Waals surface area contributed by atoms with E-state index in [1.807, 2.05) is 0 Å². The predicted octanol–water partition coefficient (Wildman–Crippen LogP) is 3.68. The number of fused-ring (bicyclic) bond motifs is 1. The van der Waals surface area contributed by atoms with Crippen molar-refractivity contribution >= 4 is 44.9 Å². The molecule has 0 unspecified atom stereocenters. The molecule has 1 N–H and O–H groups in total. The Balaban J connectivity index is 2.08. The zero-order chi connectivity index (χ0) is 17.1. The van der Waals surface area contributed by atoms with Crippen LogP contribution in [0.15, 0.2) is 36.4 Å². The molecule has 0 saturated heterocycles. The third-order valence-corrected chi connectivity index (χ3v) is 4.28. The Bertz CT molecular complexity index is 809. The highest BCUT2D eigenvalue weighted by atomic mass is 79.9. The molecule has 7 heteroatoms. The monoisotopic (exact) mass is 409 g/mol. The molecule has 1 aliphatic heterocycles. The molecule has 124 valence electrons. The summed E-state index contributed by atoms with van der Waals surface area (Å²) in [5.74, 6) is 0.373. The Kier molecular flexibility index (Phi) is 5.06. The number of nitrogens with one attached hydrogen (secondary N) is 1. The van der Waals surface area contributed by atoms with Gasteiger partial charge in [0.25, 0.3) is 0 Å². The second-order valence-corrected chi connectivity index (χ2v) is 6.00. The van der Waals surface area contributed by atoms with Crippen molar-refractivity contribution in [2.75, 3.05) is 23.9 Å². The standard InChI is InChI=1S/C17H13BrClNO4/c18-9-16(21)20-13-8-15-14(23-5-6-24-15)7-11(13)17(22)10-3-1-2-4-12(10)19/h1-4,7-8H,5-6,9H2,(H,20,21). The summed E-state index contributed by atoms with van der Waals surface area (Å²) < 4.78 is 11.1. The van der Waals surface area contributed by atoms with Gasteiger partial charge in [-0.15, -0.1) is 0 Å². The van der Waals surface area contributed by atoms with Crippen molar-refractivity contribution < 1.29 is 19.1 Å². The van der Waals surface area contributed by atoms with E-state index in [-0.39, 0.29) is 17.0 Å². The van der Waals surface area contributed by atoms with Crippen LogP contribution in [0, 0.1) is 0 Å². The van der Waals surface area contributed by atoms with Gasteiger partial charge in [0, 0.05) is 11.6 Å². The highest BCUT2D eigenvalue weighted by molar-refractivity contribution is 9.09. The molecule has 2 aromatic carbocycles. The fraction of sp³-hybridized carbons (Fsp3) is 0.176. The molecule has 5 nitrogen and oxygen atoms in total. The van der Waals surface area contributed by atoms with E-state index in [0.717, 1.165) is 0 Å². The first-order chi connectivity index (χ1) is 11.6. The Hall–Kier alpha value is -2.05. The number of hydrogen-bond donors (Lipinski definition) is 1. The molecule has 0 spiro atoms. The zero-order valence-corrected chi connectivity index (χ0v) is 14.8. The fourth-order valence-corrected chi connectivity index (χ4v) is 2.72. The van der Waals surface area contributed by atoms with Crippen molar-refractivity contribution in [1.82, 2.24) is 0 Å². The first-order valence-electron chi connectivity index (χ1n) is 7.19. The van der Waals surface area contributed by atoms with Crippen molar-refractivity contribution in [3.63, 3.8) is 0 Å². The van der Waals surface area contributed by atoms with Crippen molar-refractivity contribution in [1.29, 1.82) is 0 Å². The second-order valence-electron chi connectivity index (χ2n) is 5.03. The SMILES string of the molecule is O=C(CBr)Nc1cc2c(cc1C(=O)c1ccccc1Cl)OCCO2. The van der Waals surface area contributed by atoms with Crippen molar-refractivity contribution in [3.05, 3.63) is 52.5 Å². The van der Waals surface area contributed by atoms with Crippen LogP contribution in [0.5, 0.6) is 11.5 Å². The van der Waals surface area contributed by atoms with E-state index >= 15 is 0 Å². The summed E-state index contributed by atoms with van der Waals surface area (Å²) in [6, 6.07) is 9.93. The minimum atomic E-state index is -0.303. The first kappa shape index (κ1) is 16.8. The third kappa shape index (κ3) is 3.39. The van der Waals surface area contributed by atoms with Crippen LogP contribution < -0.4 is 14.8 Å². The van der Waals surface area contributed by atoms with Gasteiger partial charge in [-0.05, 0) is 18.2 Å². The van der Waals surface area contributed by atoms with Gasteiger partial charge >= 0.3 is 0 Å². The summed E-state index contributed by atoms with van der Waals surface area (Å²) in [4.78, 5) is 24.7. The van der Waals surface area contributed by atoms with Crippen LogP contribution in [0.2, 0.25) is 5.02 Å². The number of rotatable bonds is 4. The van der Waals surface area contributed by atoms with Gasteiger partial charge in [0.1, 0.15) is 13.2 Å². The summed E-state index contributed by atoms with van der Waals surface area (Å²) in [5.41, 5.74) is 1.00. The highest BCUT2D eigenvalue weighted by Crippen LogP contribution is 2.37. The minimum absolute atomic E-state index is 0.112. The van der Waals surface area contributed by atoms with Gasteiger partial charge in [0.15, 0.2) is 17.3 Å². The highest BCUT2D eigenvalue weighted by Gasteiger charge is 2.22. The lowest BCUT2D eigenvalue weighted by molar-refractivity contribution is -0.113. The average Bonchev–Trinajstić information content (AvgIpc) is 2.61. The molecule has 0 atom stereocenters. The molecule has 2 aromatic rings. The van der Waals surface area contributed by atoms with Gasteiger partial charge < -0.3 is 14.8 Å². The van der Waals surface area contributed by atoms with E-state index in [1.54, 1.807) is 36.4 Å². The van der Waals surface area contributed by atoms with Crippen LogP contribution in [-0.2, 0) is 4.79 Å². The lowest BCUT2D eigenvalue weighted by atomic mass is 10.0. The first-order valence-corrected chi connectivity index (χ1v) is 8.69. The van der Waals surface area contributed by atoms with E-state index in [1.165, 1.54) is 0 Å². The quantitative estimate of drug-likeness (QED) is 0.617. The lowest BCUT2D eigenvalue weighted by Crippen LogP contribution is -2.19. The largest absolute Gasteiger partial charge is 0.486 e. The molecule has 1 amide bonds. The van der Waals surface area contributed by atoms with E-state index in [2.05, 4.69) is 21.2 Å². The van der Waals surface area contributed by atoms with Crippen LogP contribution in [0.25, 0.3) is 0 Å². The van der Waals surface area contributed by atoms with Gasteiger partial charge in [-0.1, -0.05) is 39.7 Å². The zero-order valence-electron chi connectivity index (χ0n) is 12.5. The Morgan fingerprint density at radius 3 is 2.42 bits per heavy atom. The number of carbonyl (C=O) groups excluding carboxylic acids is 2. The van der Waals surface area contributed by atoms with Crippen molar-refractivity contribution in [2.45, 2.75) is 0 Å². The molecule has 0 aliphatic carbocycles. The summed E-state index contributed by atoms with van der Waals surface area (Å²) in [5, 5.41) is 3.15. The Morgan fingerprint density at radius 2 is 1.75 bits per heavy atom. The number of halogens is 2. The van der Waals surface area contributed by atoms with Crippen LogP contribution in [0.4, 0.5) is 5.69 Å². The number of amides is 1. The Morgan fingerprint density at radius 1 is 1.08 bits per heavy atom. The number of ketones is 1. The molecule has 0 saturated carbocycles. The third-order valence-electron chi connectivity index (χ3n) is 3.44. The smallest absolute Gasteiger partial charge is 0.235 e. The minimum Gasteiger partial charge on any atom is -0.486 e. The maximum atomic E-state index is 12.9. The molecule has 1 aliphatic rings. The summed E-state index contributed by atoms with van der Waals surface area (Å²) in [6.45, 7) is 0.816. The number of alkyl halides is 1. The van der Waals surface area contributed by atoms with Crippen molar-refractivity contribution in [3.8, 4) is 11.5 Å². The molecule has 3 rings (SSSR count). The van der Waals surface area contributed by atoms with Crippen LogP contribution in [0.1, 0.15) is 15.9 Å². The predicted molar refractivity (Wildman–Crippen MR) is 94.7 cm³/mol. The van der Waals surface area contributed by atoms with Gasteiger partial charge in [-0.2, -0.15) is 0 Å². The lowest BCUT2D eigenvalue weighted by Gasteiger charge is -2.21. The van der Waals surface area contributed by atoms with Gasteiger partial charge in [0.05, 0.1) is 21.6 Å². The van der Waals surface area contributed by atoms with E-state index in [0.29, 0.717) is 46.5 Å². The summed E-state index contributed by atoms with van der Waals surface area (Å²) in [6.07, 6.45) is 0. The number of benzene rings is 2. The number of hydrogen-bond acceptors (Lipinski definition) is 4. The van der Waals surface area contributed by atoms with E-state index in [9.17, 15) is 9.59 Å². The van der Waals surface area contributed by atoms with E-state index < -0.39 is 0 Å².